The Hall–Kier alpha value is -1.93. The van der Waals surface area contributed by atoms with Crippen LogP contribution >= 0.6 is 15.9 Å². The topological polar surface area (TPSA) is 33.0 Å². The molecule has 0 aliphatic carbocycles. The second kappa shape index (κ2) is 6.49. The summed E-state index contributed by atoms with van der Waals surface area (Å²) < 4.78 is 32.3. The molecule has 0 amide bonds. The average molecular weight is 338 g/mol. The van der Waals surface area contributed by atoms with E-state index in [1.54, 1.807) is 0 Å². The van der Waals surface area contributed by atoms with Gasteiger partial charge in [-0.25, -0.2) is 8.78 Å². The lowest BCUT2D eigenvalue weighted by Crippen LogP contribution is -2.01. The predicted molar refractivity (Wildman–Crippen MR) is 74.5 cm³/mol. The Morgan fingerprint density at radius 3 is 2.55 bits per heavy atom. The smallest absolute Gasteiger partial charge is 0.131 e. The van der Waals surface area contributed by atoms with Gasteiger partial charge in [-0.3, -0.25) is 0 Å². The number of benzene rings is 2. The zero-order valence-electron chi connectivity index (χ0n) is 10.4. The van der Waals surface area contributed by atoms with E-state index in [9.17, 15) is 8.78 Å². The zero-order valence-corrected chi connectivity index (χ0v) is 12.0. The molecule has 0 aliphatic rings. The highest BCUT2D eigenvalue weighted by Crippen LogP contribution is 2.23. The van der Waals surface area contributed by atoms with Gasteiger partial charge in [-0.2, -0.15) is 5.26 Å². The minimum atomic E-state index is -0.494. The fraction of sp³-hybridized carbons (Fsp3) is 0.133. The Kier molecular flexibility index (Phi) is 4.70. The highest BCUT2D eigenvalue weighted by molar-refractivity contribution is 9.08. The van der Waals surface area contributed by atoms with Crippen molar-refractivity contribution in [2.75, 3.05) is 0 Å². The first kappa shape index (κ1) is 14.5. The molecule has 5 heteroatoms. The van der Waals surface area contributed by atoms with Gasteiger partial charge >= 0.3 is 0 Å². The van der Waals surface area contributed by atoms with Gasteiger partial charge < -0.3 is 4.74 Å². The quantitative estimate of drug-likeness (QED) is 0.779. The summed E-state index contributed by atoms with van der Waals surface area (Å²) in [6, 6.07) is 10.2. The third kappa shape index (κ3) is 3.34. The summed E-state index contributed by atoms with van der Waals surface area (Å²) in [7, 11) is 0. The van der Waals surface area contributed by atoms with Crippen LogP contribution in [0, 0.1) is 23.0 Å². The molecule has 0 saturated heterocycles. The molecule has 20 heavy (non-hydrogen) atoms. The summed E-state index contributed by atoms with van der Waals surface area (Å²) in [6.07, 6.45) is 0. The molecule has 0 aromatic heterocycles. The summed E-state index contributed by atoms with van der Waals surface area (Å²) in [6.45, 7) is 0.0170. The summed E-state index contributed by atoms with van der Waals surface area (Å²) >= 11 is 3.25. The first-order chi connectivity index (χ1) is 9.63. The van der Waals surface area contributed by atoms with Gasteiger partial charge in [0, 0.05) is 16.5 Å². The van der Waals surface area contributed by atoms with Crippen LogP contribution in [-0.2, 0) is 11.9 Å². The SMILES string of the molecule is N#Cc1ccc(COc2ccc(F)cc2CBr)c(F)c1. The van der Waals surface area contributed by atoms with Crippen molar-refractivity contribution in [2.24, 2.45) is 0 Å². The van der Waals surface area contributed by atoms with Crippen LogP contribution < -0.4 is 4.74 Å². The Bertz CT molecular complexity index is 667. The summed E-state index contributed by atoms with van der Waals surface area (Å²) in [5.41, 5.74) is 1.25. The van der Waals surface area contributed by atoms with E-state index < -0.39 is 5.82 Å². The molecule has 0 radical (unpaired) electrons. The van der Waals surface area contributed by atoms with Gasteiger partial charge in [-0.15, -0.1) is 0 Å². The molecule has 0 fully saturated rings. The van der Waals surface area contributed by atoms with Crippen LogP contribution in [0.4, 0.5) is 8.78 Å². The van der Waals surface area contributed by atoms with Crippen molar-refractivity contribution in [1.82, 2.24) is 0 Å². The predicted octanol–water partition coefficient (Wildman–Crippen LogP) is 4.31. The standard InChI is InChI=1S/C15H10BrF2NO/c16-7-12-6-13(17)3-4-15(12)20-9-11-2-1-10(8-19)5-14(11)18/h1-6H,7,9H2. The number of nitriles is 1. The summed E-state index contributed by atoms with van der Waals surface area (Å²) in [5, 5.41) is 9.11. The Morgan fingerprint density at radius 2 is 1.90 bits per heavy atom. The van der Waals surface area contributed by atoms with Crippen molar-refractivity contribution in [3.8, 4) is 11.8 Å². The van der Waals surface area contributed by atoms with Crippen molar-refractivity contribution >= 4 is 15.9 Å². The number of hydrogen-bond donors (Lipinski definition) is 0. The van der Waals surface area contributed by atoms with E-state index in [1.807, 2.05) is 6.07 Å². The fourth-order valence-electron chi connectivity index (χ4n) is 1.68. The maximum absolute atomic E-state index is 13.7. The zero-order chi connectivity index (χ0) is 14.5. The lowest BCUT2D eigenvalue weighted by Gasteiger charge is -2.10. The van der Waals surface area contributed by atoms with E-state index >= 15 is 0 Å². The third-order valence-corrected chi connectivity index (χ3v) is 3.34. The Morgan fingerprint density at radius 1 is 1.10 bits per heavy atom. The first-order valence-corrected chi connectivity index (χ1v) is 6.92. The lowest BCUT2D eigenvalue weighted by molar-refractivity contribution is 0.297. The first-order valence-electron chi connectivity index (χ1n) is 5.79. The number of ether oxygens (including phenoxy) is 1. The van der Waals surface area contributed by atoms with Crippen molar-refractivity contribution < 1.29 is 13.5 Å². The van der Waals surface area contributed by atoms with E-state index in [2.05, 4.69) is 15.9 Å². The molecule has 0 unspecified atom stereocenters. The Labute approximate surface area is 123 Å². The van der Waals surface area contributed by atoms with Crippen molar-refractivity contribution in [2.45, 2.75) is 11.9 Å². The molecule has 2 aromatic carbocycles. The molecule has 102 valence electrons. The highest BCUT2D eigenvalue weighted by atomic mass is 79.9. The number of hydrogen-bond acceptors (Lipinski definition) is 2. The van der Waals surface area contributed by atoms with Crippen LogP contribution in [-0.4, -0.2) is 0 Å². The molecular formula is C15H10BrF2NO. The van der Waals surface area contributed by atoms with Gasteiger partial charge in [0.15, 0.2) is 0 Å². The van der Waals surface area contributed by atoms with Crippen LogP contribution in [0.25, 0.3) is 0 Å². The average Bonchev–Trinajstić information content (AvgIpc) is 2.46. The number of rotatable bonds is 4. The molecular weight excluding hydrogens is 328 g/mol. The molecule has 0 heterocycles. The van der Waals surface area contributed by atoms with E-state index in [1.165, 1.54) is 30.3 Å². The number of nitrogens with zero attached hydrogens (tertiary/aromatic N) is 1. The van der Waals surface area contributed by atoms with Crippen molar-refractivity contribution in [1.29, 1.82) is 5.26 Å². The van der Waals surface area contributed by atoms with Crippen molar-refractivity contribution in [3.05, 3.63) is 64.7 Å². The van der Waals surface area contributed by atoms with Crippen molar-refractivity contribution in [3.63, 3.8) is 0 Å². The minimum absolute atomic E-state index is 0.0170. The molecule has 2 aromatic rings. The monoisotopic (exact) mass is 337 g/mol. The van der Waals surface area contributed by atoms with E-state index in [0.29, 0.717) is 22.2 Å². The molecule has 0 N–H and O–H groups in total. The maximum Gasteiger partial charge on any atom is 0.131 e. The van der Waals surface area contributed by atoms with Crippen LogP contribution in [0.15, 0.2) is 36.4 Å². The largest absolute Gasteiger partial charge is 0.488 e. The third-order valence-electron chi connectivity index (χ3n) is 2.73. The molecule has 0 bridgehead atoms. The van der Waals surface area contributed by atoms with Gasteiger partial charge in [-0.1, -0.05) is 22.0 Å². The molecule has 0 atom stereocenters. The van der Waals surface area contributed by atoms with Crippen LogP contribution in [0.2, 0.25) is 0 Å². The summed E-state index contributed by atoms with van der Waals surface area (Å²) in [4.78, 5) is 0. The number of halogens is 3. The van der Waals surface area contributed by atoms with E-state index in [0.717, 1.165) is 6.07 Å². The fourth-order valence-corrected chi connectivity index (χ4v) is 2.12. The molecule has 2 nitrogen and oxygen atoms in total. The minimum Gasteiger partial charge on any atom is -0.488 e. The van der Waals surface area contributed by atoms with Gasteiger partial charge in [0.1, 0.15) is 24.0 Å². The molecule has 0 saturated carbocycles. The second-order valence-corrected chi connectivity index (χ2v) is 4.65. The molecule has 0 aliphatic heterocycles. The van der Waals surface area contributed by atoms with Gasteiger partial charge in [0.05, 0.1) is 11.6 Å². The summed E-state index contributed by atoms with van der Waals surface area (Å²) in [5.74, 6) is -0.352. The Balaban J connectivity index is 2.15. The van der Waals surface area contributed by atoms with Gasteiger partial charge in [0.25, 0.3) is 0 Å². The molecule has 0 spiro atoms. The van der Waals surface area contributed by atoms with Crippen LogP contribution in [0.3, 0.4) is 0 Å². The number of alkyl halides is 1. The molecule has 2 rings (SSSR count). The van der Waals surface area contributed by atoms with E-state index in [-0.39, 0.29) is 18.0 Å². The van der Waals surface area contributed by atoms with Crippen LogP contribution in [0.5, 0.6) is 5.75 Å². The van der Waals surface area contributed by atoms with Gasteiger partial charge in [0.2, 0.25) is 0 Å². The van der Waals surface area contributed by atoms with E-state index in [4.69, 9.17) is 10.00 Å². The highest BCUT2D eigenvalue weighted by Gasteiger charge is 2.08. The van der Waals surface area contributed by atoms with Gasteiger partial charge in [-0.05, 0) is 30.3 Å². The lowest BCUT2D eigenvalue weighted by atomic mass is 10.1. The maximum atomic E-state index is 13.7. The normalized spacial score (nSPS) is 10.1. The second-order valence-electron chi connectivity index (χ2n) is 4.09. The van der Waals surface area contributed by atoms with Crippen LogP contribution in [0.1, 0.15) is 16.7 Å².